The predicted octanol–water partition coefficient (Wildman–Crippen LogP) is 3.60. The van der Waals surface area contributed by atoms with Crippen LogP contribution >= 0.6 is 0 Å². The van der Waals surface area contributed by atoms with E-state index in [4.69, 9.17) is 10.7 Å². The number of rotatable bonds is 6. The summed E-state index contributed by atoms with van der Waals surface area (Å²) < 4.78 is 0. The summed E-state index contributed by atoms with van der Waals surface area (Å²) in [5.41, 5.74) is 10.3. The summed E-state index contributed by atoms with van der Waals surface area (Å²) in [6, 6.07) is 15.6. The molecule has 2 heterocycles. The van der Waals surface area contributed by atoms with Crippen LogP contribution in [-0.2, 0) is 13.0 Å². The minimum atomic E-state index is -0.478. The van der Waals surface area contributed by atoms with Crippen LogP contribution in [0, 0.1) is 6.92 Å². The number of para-hydroxylation sites is 1. The van der Waals surface area contributed by atoms with Gasteiger partial charge in [-0.3, -0.25) is 4.79 Å². The molecule has 29 heavy (non-hydrogen) atoms. The molecular formula is C22H22N6O. The van der Waals surface area contributed by atoms with Crippen LogP contribution in [0.15, 0.2) is 48.5 Å². The number of nitrogens with two attached hydrogens (primary N) is 1. The van der Waals surface area contributed by atoms with Crippen molar-refractivity contribution in [3.05, 3.63) is 71.0 Å². The fraction of sp³-hybridized carbons (Fsp3) is 0.182. The number of aromatic amines is 1. The maximum Gasteiger partial charge on any atom is 0.250 e. The van der Waals surface area contributed by atoms with E-state index in [0.717, 1.165) is 34.3 Å². The molecule has 0 saturated heterocycles. The maximum atomic E-state index is 11.8. The Labute approximate surface area is 168 Å². The number of primary amides is 1. The number of benzene rings is 2. The number of hydrogen-bond donors (Lipinski definition) is 3. The van der Waals surface area contributed by atoms with Crippen molar-refractivity contribution in [3.8, 4) is 11.4 Å². The van der Waals surface area contributed by atoms with Gasteiger partial charge in [0.25, 0.3) is 5.91 Å². The molecule has 0 atom stereocenters. The lowest BCUT2D eigenvalue weighted by molar-refractivity contribution is 0.100. The van der Waals surface area contributed by atoms with Gasteiger partial charge in [0.05, 0.1) is 11.1 Å². The second-order valence-electron chi connectivity index (χ2n) is 6.84. The van der Waals surface area contributed by atoms with Gasteiger partial charge in [-0.1, -0.05) is 49.4 Å². The summed E-state index contributed by atoms with van der Waals surface area (Å²) in [7, 11) is 0. The van der Waals surface area contributed by atoms with Gasteiger partial charge in [-0.15, -0.1) is 10.2 Å². The Hall–Kier alpha value is -3.74. The molecule has 0 spiro atoms. The lowest BCUT2D eigenvalue weighted by Gasteiger charge is -2.10. The molecule has 0 unspecified atom stereocenters. The van der Waals surface area contributed by atoms with Gasteiger partial charge in [-0.25, -0.2) is 4.98 Å². The van der Waals surface area contributed by atoms with Crippen LogP contribution in [0.1, 0.15) is 34.2 Å². The van der Waals surface area contributed by atoms with Gasteiger partial charge in [0.15, 0.2) is 11.6 Å². The number of fused-ring (bicyclic) bond motifs is 1. The number of H-pyrrole nitrogens is 1. The first-order chi connectivity index (χ1) is 14.1. The highest BCUT2D eigenvalue weighted by Crippen LogP contribution is 2.32. The zero-order valence-electron chi connectivity index (χ0n) is 16.4. The molecule has 0 fully saturated rings. The molecule has 4 aromatic rings. The summed E-state index contributed by atoms with van der Waals surface area (Å²) in [5, 5.41) is 13.0. The van der Waals surface area contributed by atoms with Crippen LogP contribution in [-0.4, -0.2) is 26.1 Å². The Bertz CT molecular complexity index is 1180. The summed E-state index contributed by atoms with van der Waals surface area (Å²) in [6.45, 7) is 4.59. The molecule has 0 aliphatic heterocycles. The van der Waals surface area contributed by atoms with Crippen LogP contribution in [0.4, 0.5) is 5.82 Å². The highest BCUT2D eigenvalue weighted by atomic mass is 16.1. The third-order valence-electron chi connectivity index (χ3n) is 4.90. The van der Waals surface area contributed by atoms with Gasteiger partial charge in [-0.2, -0.15) is 0 Å². The molecule has 0 aliphatic rings. The molecule has 1 amide bonds. The molecule has 2 aromatic carbocycles. The standard InChI is InChI=1S/C22H22N6O/c1-3-17-21(24-12-14-8-5-4-6-9-14)26-22(28-27-17)18-13(2)25-19-15(18)10-7-11-16(19)20(23)29/h4-11,25H,3,12H2,1-2H3,(H2,23,29)(H,24,26,28). The Balaban J connectivity index is 1.77. The van der Waals surface area contributed by atoms with Crippen LogP contribution < -0.4 is 11.1 Å². The van der Waals surface area contributed by atoms with E-state index in [1.54, 1.807) is 6.07 Å². The fourth-order valence-electron chi connectivity index (χ4n) is 3.46. The maximum absolute atomic E-state index is 11.8. The number of hydrogen-bond acceptors (Lipinski definition) is 5. The number of aryl methyl sites for hydroxylation is 2. The normalized spacial score (nSPS) is 11.0. The number of aromatic nitrogens is 4. The molecule has 0 aliphatic carbocycles. The second-order valence-corrected chi connectivity index (χ2v) is 6.84. The monoisotopic (exact) mass is 386 g/mol. The van der Waals surface area contributed by atoms with Crippen molar-refractivity contribution in [2.45, 2.75) is 26.8 Å². The molecule has 146 valence electrons. The zero-order chi connectivity index (χ0) is 20.4. The van der Waals surface area contributed by atoms with Crippen molar-refractivity contribution in [3.63, 3.8) is 0 Å². The molecule has 0 bridgehead atoms. The number of nitrogens with one attached hydrogen (secondary N) is 2. The van der Waals surface area contributed by atoms with Crippen molar-refractivity contribution < 1.29 is 4.79 Å². The molecule has 0 radical (unpaired) electrons. The largest absolute Gasteiger partial charge is 0.366 e. The van der Waals surface area contributed by atoms with E-state index < -0.39 is 5.91 Å². The summed E-state index contributed by atoms with van der Waals surface area (Å²) >= 11 is 0. The van der Waals surface area contributed by atoms with Gasteiger partial charge in [-0.05, 0) is 25.0 Å². The fourth-order valence-corrected chi connectivity index (χ4v) is 3.46. The van der Waals surface area contributed by atoms with Crippen LogP contribution in [0.25, 0.3) is 22.3 Å². The van der Waals surface area contributed by atoms with Gasteiger partial charge in [0.1, 0.15) is 5.69 Å². The highest BCUT2D eigenvalue weighted by molar-refractivity contribution is 6.09. The van der Waals surface area contributed by atoms with Crippen molar-refractivity contribution in [2.75, 3.05) is 5.32 Å². The van der Waals surface area contributed by atoms with E-state index in [1.165, 1.54) is 0 Å². The SMILES string of the molecule is CCc1nnc(-c2c(C)[nH]c3c(C(N)=O)cccc23)nc1NCc1ccccc1. The Morgan fingerprint density at radius 3 is 2.62 bits per heavy atom. The van der Waals surface area contributed by atoms with E-state index in [2.05, 4.69) is 32.6 Å². The number of amides is 1. The number of nitrogens with zero attached hydrogens (tertiary/aromatic N) is 3. The van der Waals surface area contributed by atoms with Gasteiger partial charge >= 0.3 is 0 Å². The van der Waals surface area contributed by atoms with E-state index in [-0.39, 0.29) is 0 Å². The van der Waals surface area contributed by atoms with Crippen LogP contribution in [0.2, 0.25) is 0 Å². The van der Waals surface area contributed by atoms with Crippen molar-refractivity contribution in [1.82, 2.24) is 20.2 Å². The first-order valence-electron chi connectivity index (χ1n) is 9.51. The summed E-state index contributed by atoms with van der Waals surface area (Å²) in [5.74, 6) is 0.735. The van der Waals surface area contributed by atoms with E-state index in [1.807, 2.05) is 44.2 Å². The Morgan fingerprint density at radius 1 is 1.10 bits per heavy atom. The third kappa shape index (κ3) is 3.54. The number of anilines is 1. The molecule has 0 saturated carbocycles. The van der Waals surface area contributed by atoms with Gasteiger partial charge in [0.2, 0.25) is 0 Å². The van der Waals surface area contributed by atoms with E-state index >= 15 is 0 Å². The van der Waals surface area contributed by atoms with E-state index in [9.17, 15) is 4.79 Å². The lowest BCUT2D eigenvalue weighted by Crippen LogP contribution is -2.11. The molecular weight excluding hydrogens is 364 g/mol. The predicted molar refractivity (Wildman–Crippen MR) is 114 cm³/mol. The Kier molecular flexibility index (Phi) is 4.95. The third-order valence-corrected chi connectivity index (χ3v) is 4.90. The molecule has 4 rings (SSSR count). The summed E-state index contributed by atoms with van der Waals surface area (Å²) in [6.07, 6.45) is 0.718. The zero-order valence-corrected chi connectivity index (χ0v) is 16.4. The van der Waals surface area contributed by atoms with E-state index in [0.29, 0.717) is 29.3 Å². The first kappa shape index (κ1) is 18.6. The molecule has 2 aromatic heterocycles. The quantitative estimate of drug-likeness (QED) is 0.469. The second kappa shape index (κ2) is 7.71. The molecule has 7 heteroatoms. The summed E-state index contributed by atoms with van der Waals surface area (Å²) in [4.78, 5) is 19.8. The average Bonchev–Trinajstić information content (AvgIpc) is 3.08. The molecule has 4 N–H and O–H groups in total. The van der Waals surface area contributed by atoms with Gasteiger partial charge < -0.3 is 16.0 Å². The topological polar surface area (TPSA) is 110 Å². The minimum Gasteiger partial charge on any atom is -0.366 e. The minimum absolute atomic E-state index is 0.442. The van der Waals surface area contributed by atoms with Crippen LogP contribution in [0.3, 0.4) is 0 Å². The average molecular weight is 386 g/mol. The molecule has 7 nitrogen and oxygen atoms in total. The first-order valence-corrected chi connectivity index (χ1v) is 9.51. The number of carbonyl (C=O) groups is 1. The van der Waals surface area contributed by atoms with Crippen molar-refractivity contribution in [2.24, 2.45) is 5.73 Å². The lowest BCUT2D eigenvalue weighted by atomic mass is 10.1. The smallest absolute Gasteiger partial charge is 0.250 e. The van der Waals surface area contributed by atoms with Crippen LogP contribution in [0.5, 0.6) is 0 Å². The number of carbonyl (C=O) groups excluding carboxylic acids is 1. The highest BCUT2D eigenvalue weighted by Gasteiger charge is 2.19. The van der Waals surface area contributed by atoms with Crippen molar-refractivity contribution in [1.29, 1.82) is 0 Å². The van der Waals surface area contributed by atoms with Gasteiger partial charge in [0, 0.05) is 23.2 Å². The van der Waals surface area contributed by atoms with Crippen molar-refractivity contribution >= 4 is 22.6 Å². The Morgan fingerprint density at radius 2 is 1.90 bits per heavy atom.